The molecule has 1 atom stereocenters. The molecule has 5 heteroatoms. The number of benzene rings is 1. The average Bonchev–Trinajstić information content (AvgIpc) is 3.08. The Balaban J connectivity index is 1.87. The van der Waals surface area contributed by atoms with E-state index in [1.54, 1.807) is 6.20 Å². The lowest BCUT2D eigenvalue weighted by molar-refractivity contribution is -0.119. The number of hydrogen-bond acceptors (Lipinski definition) is 3. The van der Waals surface area contributed by atoms with Gasteiger partial charge in [0.05, 0.1) is 23.3 Å². The van der Waals surface area contributed by atoms with E-state index in [0.717, 1.165) is 54.0 Å². The minimum atomic E-state index is -0.0198. The van der Waals surface area contributed by atoms with Crippen LogP contribution in [0, 0.1) is 5.92 Å². The molecule has 0 saturated carbocycles. The third-order valence-electron chi connectivity index (χ3n) is 4.89. The number of aryl methyl sites for hydroxylation is 1. The molecule has 0 fully saturated rings. The Labute approximate surface area is 153 Å². The largest absolute Gasteiger partial charge is 0.323 e. The van der Waals surface area contributed by atoms with Crippen molar-refractivity contribution in [3.05, 3.63) is 60.6 Å². The van der Waals surface area contributed by atoms with Gasteiger partial charge in [-0.25, -0.2) is 4.68 Å². The summed E-state index contributed by atoms with van der Waals surface area (Å²) in [6, 6.07) is 14.1. The first-order valence-electron chi connectivity index (χ1n) is 9.12. The molecule has 3 aromatic rings. The van der Waals surface area contributed by atoms with Gasteiger partial charge in [0.15, 0.2) is 0 Å². The lowest BCUT2D eigenvalue weighted by Crippen LogP contribution is -2.21. The van der Waals surface area contributed by atoms with Gasteiger partial charge in [-0.1, -0.05) is 31.5 Å². The minimum Gasteiger partial charge on any atom is -0.323 e. The van der Waals surface area contributed by atoms with Gasteiger partial charge in [-0.3, -0.25) is 9.78 Å². The molecular formula is C21H22N4O. The molecule has 0 saturated heterocycles. The van der Waals surface area contributed by atoms with Gasteiger partial charge in [0.2, 0.25) is 5.91 Å². The molecule has 0 aliphatic carbocycles. The van der Waals surface area contributed by atoms with Crippen LogP contribution in [0.5, 0.6) is 0 Å². The van der Waals surface area contributed by atoms with E-state index in [4.69, 9.17) is 0 Å². The number of hydrogen-bond donors (Lipinski definition) is 1. The molecule has 26 heavy (non-hydrogen) atoms. The number of rotatable bonds is 1. The van der Waals surface area contributed by atoms with Gasteiger partial charge in [0.25, 0.3) is 0 Å². The zero-order valence-electron chi connectivity index (χ0n) is 14.9. The number of nitrogens with one attached hydrogen (secondary N) is 1. The van der Waals surface area contributed by atoms with E-state index in [1.165, 1.54) is 0 Å². The number of pyridine rings is 1. The molecule has 2 aromatic heterocycles. The van der Waals surface area contributed by atoms with Gasteiger partial charge >= 0.3 is 0 Å². The molecule has 1 aliphatic rings. The predicted molar refractivity (Wildman–Crippen MR) is 102 cm³/mol. The summed E-state index contributed by atoms with van der Waals surface area (Å²) in [5.41, 5.74) is 4.68. The molecule has 132 valence electrons. The van der Waals surface area contributed by atoms with E-state index in [0.29, 0.717) is 0 Å². The number of fused-ring (bicyclic) bond motifs is 4. The van der Waals surface area contributed by atoms with Gasteiger partial charge < -0.3 is 5.32 Å². The van der Waals surface area contributed by atoms with Crippen molar-refractivity contribution < 1.29 is 4.79 Å². The monoisotopic (exact) mass is 346 g/mol. The highest BCUT2D eigenvalue weighted by Crippen LogP contribution is 2.32. The van der Waals surface area contributed by atoms with Gasteiger partial charge in [-0.2, -0.15) is 5.10 Å². The van der Waals surface area contributed by atoms with Crippen LogP contribution in [0.25, 0.3) is 16.9 Å². The number of carbonyl (C=O) groups excluding carboxylic acids is 1. The summed E-state index contributed by atoms with van der Waals surface area (Å²) in [5.74, 6) is 0.0300. The lowest BCUT2D eigenvalue weighted by atomic mass is 10.00. The Morgan fingerprint density at radius 3 is 2.85 bits per heavy atom. The molecule has 1 unspecified atom stereocenters. The molecule has 0 radical (unpaired) electrons. The van der Waals surface area contributed by atoms with Crippen LogP contribution in [0.3, 0.4) is 0 Å². The first-order valence-corrected chi connectivity index (χ1v) is 9.12. The van der Waals surface area contributed by atoms with Crippen LogP contribution in [0.4, 0.5) is 5.69 Å². The maximum absolute atomic E-state index is 12.6. The standard InChI is InChI=1S/C21H22N4O/c1-15-7-5-6-8-17-13-16(11-12-22-17)20-19(24-21(15)26)14-23-25(20)18-9-3-2-4-10-18/h2-4,9-15H,5-8H2,1H3,(H,24,26). The molecule has 0 spiro atoms. The molecule has 1 amide bonds. The summed E-state index contributed by atoms with van der Waals surface area (Å²) in [6.45, 7) is 1.99. The summed E-state index contributed by atoms with van der Waals surface area (Å²) in [4.78, 5) is 17.1. The van der Waals surface area contributed by atoms with Crippen molar-refractivity contribution in [2.75, 3.05) is 5.32 Å². The van der Waals surface area contributed by atoms with Crippen LogP contribution in [-0.4, -0.2) is 20.7 Å². The van der Waals surface area contributed by atoms with Crippen molar-refractivity contribution in [1.29, 1.82) is 0 Å². The van der Waals surface area contributed by atoms with Crippen molar-refractivity contribution in [3.63, 3.8) is 0 Å². The van der Waals surface area contributed by atoms with Gasteiger partial charge in [-0.15, -0.1) is 0 Å². The minimum absolute atomic E-state index is 0.0198. The number of nitrogens with zero attached hydrogens (tertiary/aromatic N) is 3. The highest BCUT2D eigenvalue weighted by atomic mass is 16.1. The summed E-state index contributed by atoms with van der Waals surface area (Å²) in [5, 5.41) is 7.64. The fourth-order valence-electron chi connectivity index (χ4n) is 3.39. The lowest BCUT2D eigenvalue weighted by Gasteiger charge is -2.15. The van der Waals surface area contributed by atoms with Crippen LogP contribution in [0.15, 0.2) is 54.9 Å². The van der Waals surface area contributed by atoms with Crippen molar-refractivity contribution in [2.24, 2.45) is 5.92 Å². The second-order valence-corrected chi connectivity index (χ2v) is 6.83. The molecule has 4 rings (SSSR count). The van der Waals surface area contributed by atoms with E-state index in [1.807, 2.05) is 54.2 Å². The summed E-state index contributed by atoms with van der Waals surface area (Å²) in [6.07, 6.45) is 7.45. The first kappa shape index (κ1) is 16.5. The maximum atomic E-state index is 12.6. The smallest absolute Gasteiger partial charge is 0.227 e. The quantitative estimate of drug-likeness (QED) is 0.717. The van der Waals surface area contributed by atoms with Crippen LogP contribution >= 0.6 is 0 Å². The Morgan fingerprint density at radius 2 is 2.00 bits per heavy atom. The van der Waals surface area contributed by atoms with Crippen LogP contribution in [-0.2, 0) is 11.2 Å². The van der Waals surface area contributed by atoms with E-state index in [-0.39, 0.29) is 11.8 Å². The molecule has 1 aromatic carbocycles. The third kappa shape index (κ3) is 3.25. The van der Waals surface area contributed by atoms with Crippen LogP contribution in [0.2, 0.25) is 0 Å². The van der Waals surface area contributed by atoms with Crippen LogP contribution in [0.1, 0.15) is 31.9 Å². The molecule has 3 heterocycles. The normalized spacial score (nSPS) is 17.6. The molecule has 1 N–H and O–H groups in total. The zero-order chi connectivity index (χ0) is 17.9. The third-order valence-corrected chi connectivity index (χ3v) is 4.89. The summed E-state index contributed by atoms with van der Waals surface area (Å²) < 4.78 is 1.88. The average molecular weight is 346 g/mol. The molecule has 5 nitrogen and oxygen atoms in total. The number of carbonyl (C=O) groups is 1. The maximum Gasteiger partial charge on any atom is 0.227 e. The second-order valence-electron chi connectivity index (χ2n) is 6.83. The van der Waals surface area contributed by atoms with E-state index < -0.39 is 0 Å². The van der Waals surface area contributed by atoms with Crippen LogP contribution < -0.4 is 5.32 Å². The van der Waals surface area contributed by atoms with Crippen molar-refractivity contribution in [1.82, 2.24) is 14.8 Å². The van der Waals surface area contributed by atoms with Gasteiger partial charge in [0, 0.05) is 23.4 Å². The number of amides is 1. The Morgan fingerprint density at radius 1 is 1.15 bits per heavy atom. The predicted octanol–water partition coefficient (Wildman–Crippen LogP) is 4.24. The fourth-order valence-corrected chi connectivity index (χ4v) is 3.39. The number of aromatic nitrogens is 3. The van der Waals surface area contributed by atoms with Crippen molar-refractivity contribution in [3.8, 4) is 16.9 Å². The summed E-state index contributed by atoms with van der Waals surface area (Å²) >= 11 is 0. The van der Waals surface area contributed by atoms with E-state index in [2.05, 4.69) is 21.5 Å². The Kier molecular flexibility index (Phi) is 4.52. The van der Waals surface area contributed by atoms with Crippen molar-refractivity contribution in [2.45, 2.75) is 32.6 Å². The second kappa shape index (κ2) is 7.12. The Hall–Kier alpha value is -2.95. The van der Waals surface area contributed by atoms with Gasteiger partial charge in [0.1, 0.15) is 0 Å². The zero-order valence-corrected chi connectivity index (χ0v) is 14.9. The Bertz CT molecular complexity index is 917. The topological polar surface area (TPSA) is 59.8 Å². The fraction of sp³-hybridized carbons (Fsp3) is 0.286. The molecular weight excluding hydrogens is 324 g/mol. The highest BCUT2D eigenvalue weighted by molar-refractivity contribution is 5.96. The molecule has 1 aliphatic heterocycles. The van der Waals surface area contributed by atoms with E-state index >= 15 is 0 Å². The highest BCUT2D eigenvalue weighted by Gasteiger charge is 2.20. The summed E-state index contributed by atoms with van der Waals surface area (Å²) in [7, 11) is 0. The van der Waals surface area contributed by atoms with E-state index in [9.17, 15) is 4.79 Å². The SMILES string of the molecule is CC1CCCCc2cc(ccn2)-c2c(cnn2-c2ccccc2)NC1=O. The number of anilines is 1. The number of para-hydroxylation sites is 1. The van der Waals surface area contributed by atoms with Gasteiger partial charge in [-0.05, 0) is 43.5 Å². The van der Waals surface area contributed by atoms with Crippen molar-refractivity contribution >= 4 is 11.6 Å². The molecule has 2 bridgehead atoms. The first-order chi connectivity index (χ1) is 12.7.